The fourth-order valence-corrected chi connectivity index (χ4v) is 5.49. The highest BCUT2D eigenvalue weighted by Crippen LogP contribution is 2.40. The molecule has 1 unspecified atom stereocenters. The lowest BCUT2D eigenvalue weighted by atomic mass is 9.85. The third kappa shape index (κ3) is 4.35. The molecule has 1 saturated heterocycles. The lowest BCUT2D eigenvalue weighted by Gasteiger charge is -2.22. The number of pyridine rings is 1. The van der Waals surface area contributed by atoms with Crippen LogP contribution in [0.15, 0.2) is 30.5 Å². The topological polar surface area (TPSA) is 122 Å². The van der Waals surface area contributed by atoms with Gasteiger partial charge in [-0.3, -0.25) is 14.0 Å². The highest BCUT2D eigenvalue weighted by Gasteiger charge is 2.45. The summed E-state index contributed by atoms with van der Waals surface area (Å²) in [6.45, 7) is 5.28. The normalized spacial score (nSPS) is 17.5. The zero-order valence-electron chi connectivity index (χ0n) is 23.0. The number of fused-ring (bicyclic) bond motifs is 2. The molecule has 0 bridgehead atoms. The smallest absolute Gasteiger partial charge is 0.273 e. The first-order valence-electron chi connectivity index (χ1n) is 13.4. The standard InChI is InChI=1S/C29H27F3N6O4/c1-14-23(38-9-4-5-19(26(38)33-14)42-13-16-17(30)6-7-18(31)21(16)32)25-34-22(27(40)37-10-8-15(11-37)12-39)20-24(35-25)36-28(41)29(20,2)3/h4-7,9,15,39H,8,10-13H2,1-3H3,(H,34,35,36,41). The van der Waals surface area contributed by atoms with Crippen LogP contribution in [-0.2, 0) is 16.8 Å². The molecule has 5 heterocycles. The zero-order valence-corrected chi connectivity index (χ0v) is 23.0. The van der Waals surface area contributed by atoms with E-state index in [0.717, 1.165) is 6.07 Å². The molecule has 2 aliphatic heterocycles. The number of amides is 2. The van der Waals surface area contributed by atoms with E-state index in [1.807, 2.05) is 0 Å². The number of benzene rings is 1. The van der Waals surface area contributed by atoms with E-state index in [4.69, 9.17) is 4.74 Å². The highest BCUT2D eigenvalue weighted by atomic mass is 19.2. The maximum Gasteiger partial charge on any atom is 0.273 e. The van der Waals surface area contributed by atoms with Crippen molar-refractivity contribution in [3.63, 3.8) is 0 Å². The van der Waals surface area contributed by atoms with E-state index in [-0.39, 0.29) is 53.1 Å². The molecule has 2 aliphatic rings. The highest BCUT2D eigenvalue weighted by molar-refractivity contribution is 6.09. The van der Waals surface area contributed by atoms with E-state index < -0.39 is 35.0 Å². The van der Waals surface area contributed by atoms with E-state index in [1.54, 1.807) is 48.4 Å². The number of aryl methyl sites for hydroxylation is 1. The molecule has 2 amide bonds. The van der Waals surface area contributed by atoms with Crippen molar-refractivity contribution >= 4 is 23.3 Å². The fourth-order valence-electron chi connectivity index (χ4n) is 5.49. The first-order chi connectivity index (χ1) is 20.0. The summed E-state index contributed by atoms with van der Waals surface area (Å²) in [5.41, 5.74) is -0.0182. The predicted molar refractivity (Wildman–Crippen MR) is 144 cm³/mol. The Morgan fingerprint density at radius 3 is 2.67 bits per heavy atom. The van der Waals surface area contributed by atoms with E-state index in [0.29, 0.717) is 42.5 Å². The Hall–Kier alpha value is -4.52. The summed E-state index contributed by atoms with van der Waals surface area (Å²) in [6, 6.07) is 4.69. The number of hydrogen-bond donors (Lipinski definition) is 2. The van der Waals surface area contributed by atoms with Crippen LogP contribution >= 0.6 is 0 Å². The van der Waals surface area contributed by atoms with Crippen LogP contribution in [0.1, 0.15) is 47.6 Å². The van der Waals surface area contributed by atoms with E-state index in [2.05, 4.69) is 20.3 Å². The number of likely N-dealkylation sites (tertiary alicyclic amines) is 1. The Morgan fingerprint density at radius 1 is 1.17 bits per heavy atom. The number of rotatable bonds is 6. The van der Waals surface area contributed by atoms with Gasteiger partial charge in [-0.05, 0) is 51.5 Å². The molecule has 4 aromatic rings. The number of aliphatic hydroxyl groups is 1. The minimum absolute atomic E-state index is 0.0354. The van der Waals surface area contributed by atoms with E-state index >= 15 is 0 Å². The maximum atomic E-state index is 14.2. The maximum absolute atomic E-state index is 14.2. The SMILES string of the molecule is Cc1nc2c(OCc3c(F)ccc(F)c3F)cccn2c1-c1nc2c(c(C(=O)N3CCC(CO)C3)n1)C(C)(C)C(=O)N2. The van der Waals surface area contributed by atoms with Gasteiger partial charge in [-0.25, -0.2) is 28.1 Å². The van der Waals surface area contributed by atoms with Gasteiger partial charge in [0.2, 0.25) is 5.91 Å². The third-order valence-corrected chi connectivity index (χ3v) is 7.88. The van der Waals surface area contributed by atoms with Crippen molar-refractivity contribution < 1.29 is 32.6 Å². The number of carbonyl (C=O) groups excluding carboxylic acids is 2. The Labute approximate surface area is 238 Å². The zero-order chi connectivity index (χ0) is 29.9. The molecule has 0 spiro atoms. The summed E-state index contributed by atoms with van der Waals surface area (Å²) in [7, 11) is 0. The first kappa shape index (κ1) is 27.6. The Balaban J connectivity index is 1.43. The van der Waals surface area contributed by atoms with Crippen molar-refractivity contribution in [2.75, 3.05) is 25.0 Å². The molecule has 42 heavy (non-hydrogen) atoms. The Bertz CT molecular complexity index is 1770. The molecule has 1 fully saturated rings. The van der Waals surface area contributed by atoms with Gasteiger partial charge in [0.25, 0.3) is 5.91 Å². The molecule has 6 rings (SSSR count). The van der Waals surface area contributed by atoms with Crippen LogP contribution in [-0.4, -0.2) is 60.9 Å². The number of halogens is 3. The van der Waals surface area contributed by atoms with Gasteiger partial charge in [0.15, 0.2) is 28.9 Å². The number of carbonyl (C=O) groups is 2. The Kier molecular flexibility index (Phi) is 6.64. The molecule has 1 aromatic carbocycles. The summed E-state index contributed by atoms with van der Waals surface area (Å²) < 4.78 is 49.4. The molecule has 3 aromatic heterocycles. The van der Waals surface area contributed by atoms with Gasteiger partial charge in [0, 0.05) is 37.4 Å². The molecule has 13 heteroatoms. The van der Waals surface area contributed by atoms with Crippen molar-refractivity contribution in [3.05, 3.63) is 70.4 Å². The largest absolute Gasteiger partial charge is 0.485 e. The number of hydrogen-bond acceptors (Lipinski definition) is 7. The molecule has 1 atom stereocenters. The van der Waals surface area contributed by atoms with Crippen molar-refractivity contribution in [1.29, 1.82) is 0 Å². The van der Waals surface area contributed by atoms with Gasteiger partial charge in [-0.2, -0.15) is 0 Å². The van der Waals surface area contributed by atoms with E-state index in [9.17, 15) is 27.9 Å². The van der Waals surface area contributed by atoms with Crippen molar-refractivity contribution in [3.8, 4) is 17.3 Å². The first-order valence-corrected chi connectivity index (χ1v) is 13.4. The second-order valence-corrected chi connectivity index (χ2v) is 11.0. The minimum Gasteiger partial charge on any atom is -0.485 e. The summed E-state index contributed by atoms with van der Waals surface area (Å²) in [5, 5.41) is 12.4. The van der Waals surface area contributed by atoms with Gasteiger partial charge in [-0.15, -0.1) is 0 Å². The van der Waals surface area contributed by atoms with Crippen LogP contribution in [0.4, 0.5) is 19.0 Å². The second kappa shape index (κ2) is 10.1. The average Bonchev–Trinajstić information content (AvgIpc) is 3.64. The number of anilines is 1. The van der Waals surface area contributed by atoms with Gasteiger partial charge < -0.3 is 20.1 Å². The lowest BCUT2D eigenvalue weighted by molar-refractivity contribution is -0.119. The van der Waals surface area contributed by atoms with Crippen molar-refractivity contribution in [2.24, 2.45) is 5.92 Å². The molecule has 218 valence electrons. The van der Waals surface area contributed by atoms with Gasteiger partial charge in [-0.1, -0.05) is 0 Å². The van der Waals surface area contributed by atoms with Crippen LogP contribution in [0.3, 0.4) is 0 Å². The van der Waals surface area contributed by atoms with Gasteiger partial charge in [0.1, 0.15) is 29.6 Å². The van der Waals surface area contributed by atoms with Gasteiger partial charge in [0.05, 0.1) is 16.7 Å². The number of aromatic nitrogens is 4. The molecule has 0 saturated carbocycles. The number of imidazole rings is 1. The lowest BCUT2D eigenvalue weighted by Crippen LogP contribution is -2.34. The molecule has 0 radical (unpaired) electrons. The number of ether oxygens (including phenoxy) is 1. The van der Waals surface area contributed by atoms with Crippen LogP contribution in [0.2, 0.25) is 0 Å². The summed E-state index contributed by atoms with van der Waals surface area (Å²) in [5.74, 6) is -3.70. The van der Waals surface area contributed by atoms with Crippen LogP contribution in [0.25, 0.3) is 17.2 Å². The second-order valence-electron chi connectivity index (χ2n) is 11.0. The predicted octanol–water partition coefficient (Wildman–Crippen LogP) is 3.78. The summed E-state index contributed by atoms with van der Waals surface area (Å²) in [4.78, 5) is 42.1. The molecule has 0 aliphatic carbocycles. The fraction of sp³-hybridized carbons (Fsp3) is 0.345. The van der Waals surface area contributed by atoms with Crippen molar-refractivity contribution in [1.82, 2.24) is 24.3 Å². The minimum atomic E-state index is -1.33. The summed E-state index contributed by atoms with van der Waals surface area (Å²) in [6.07, 6.45) is 2.31. The van der Waals surface area contributed by atoms with Crippen LogP contribution < -0.4 is 10.1 Å². The summed E-state index contributed by atoms with van der Waals surface area (Å²) >= 11 is 0. The quantitative estimate of drug-likeness (QED) is 0.333. The monoisotopic (exact) mass is 580 g/mol. The van der Waals surface area contributed by atoms with Gasteiger partial charge >= 0.3 is 0 Å². The molecular weight excluding hydrogens is 553 g/mol. The molecule has 2 N–H and O–H groups in total. The van der Waals surface area contributed by atoms with Crippen LogP contribution in [0, 0.1) is 30.3 Å². The van der Waals surface area contributed by atoms with Crippen LogP contribution in [0.5, 0.6) is 5.75 Å². The van der Waals surface area contributed by atoms with E-state index in [1.165, 1.54) is 0 Å². The number of nitrogens with zero attached hydrogens (tertiary/aromatic N) is 5. The number of nitrogens with one attached hydrogen (secondary N) is 1. The Morgan fingerprint density at radius 2 is 1.93 bits per heavy atom. The molecular formula is C29H27F3N6O4. The third-order valence-electron chi connectivity index (χ3n) is 7.88. The molecule has 10 nitrogen and oxygen atoms in total. The van der Waals surface area contributed by atoms with Crippen molar-refractivity contribution in [2.45, 2.75) is 39.2 Å². The average molecular weight is 581 g/mol. The number of aliphatic hydroxyl groups excluding tert-OH is 1.